The number of aromatic nitrogens is 2. The van der Waals surface area contributed by atoms with E-state index in [9.17, 15) is 0 Å². The Morgan fingerprint density at radius 1 is 1.19 bits per heavy atom. The van der Waals surface area contributed by atoms with Gasteiger partial charge >= 0.3 is 0 Å². The van der Waals surface area contributed by atoms with Crippen LogP contribution in [-0.2, 0) is 10.2 Å². The van der Waals surface area contributed by atoms with E-state index < -0.39 is 0 Å². The first-order valence-corrected chi connectivity index (χ1v) is 7.89. The number of nitrogens with one attached hydrogen (secondary N) is 1. The van der Waals surface area contributed by atoms with Gasteiger partial charge in [-0.2, -0.15) is 0 Å². The third-order valence-corrected chi connectivity index (χ3v) is 4.66. The van der Waals surface area contributed by atoms with Crippen molar-refractivity contribution in [2.75, 3.05) is 25.6 Å². The molecule has 0 aliphatic carbocycles. The van der Waals surface area contributed by atoms with Gasteiger partial charge in [0.05, 0.1) is 9.89 Å². The van der Waals surface area contributed by atoms with Gasteiger partial charge in [-0.25, -0.2) is 9.97 Å². The number of anilines is 1. The summed E-state index contributed by atoms with van der Waals surface area (Å²) in [7, 11) is 1.87. The third-order valence-electron chi connectivity index (χ3n) is 4.08. The van der Waals surface area contributed by atoms with Gasteiger partial charge in [0.1, 0.15) is 11.6 Å². The van der Waals surface area contributed by atoms with Crippen LogP contribution in [0.3, 0.4) is 0 Å². The minimum Gasteiger partial charge on any atom is -0.381 e. The molecule has 1 fully saturated rings. The van der Waals surface area contributed by atoms with E-state index in [1.165, 1.54) is 5.56 Å². The fourth-order valence-electron chi connectivity index (χ4n) is 2.89. The van der Waals surface area contributed by atoms with Gasteiger partial charge in [-0.05, 0) is 34.3 Å². The zero-order chi connectivity index (χ0) is 14.7. The molecule has 0 saturated carbocycles. The molecule has 110 valence electrons. The summed E-state index contributed by atoms with van der Waals surface area (Å²) in [6.45, 7) is 1.48. The second-order valence-electron chi connectivity index (χ2n) is 5.20. The highest BCUT2D eigenvalue weighted by molar-refractivity contribution is 9.10. The molecule has 0 atom stereocenters. The molecule has 4 nitrogen and oxygen atoms in total. The van der Waals surface area contributed by atoms with E-state index in [2.05, 4.69) is 50.5 Å². The number of benzene rings is 1. The van der Waals surface area contributed by atoms with Crippen LogP contribution in [0.2, 0.25) is 0 Å². The number of hydrogen-bond acceptors (Lipinski definition) is 4. The maximum Gasteiger partial charge on any atom is 0.143 e. The number of nitrogens with zero attached hydrogens (tertiary/aromatic N) is 2. The first-order valence-electron chi connectivity index (χ1n) is 7.10. The third kappa shape index (κ3) is 2.68. The molecule has 0 spiro atoms. The van der Waals surface area contributed by atoms with Crippen LogP contribution >= 0.6 is 15.9 Å². The van der Waals surface area contributed by atoms with Crippen molar-refractivity contribution in [3.05, 3.63) is 52.4 Å². The molecular weight excluding hydrogens is 330 g/mol. The van der Waals surface area contributed by atoms with Crippen LogP contribution in [-0.4, -0.2) is 30.2 Å². The van der Waals surface area contributed by atoms with Crippen LogP contribution in [0.1, 0.15) is 24.2 Å². The van der Waals surface area contributed by atoms with Gasteiger partial charge in [-0.15, -0.1) is 0 Å². The van der Waals surface area contributed by atoms with E-state index in [1.807, 2.05) is 19.3 Å². The average molecular weight is 348 g/mol. The van der Waals surface area contributed by atoms with Crippen molar-refractivity contribution in [3.8, 4) is 0 Å². The number of ether oxygens (including phenoxy) is 1. The average Bonchev–Trinajstić information content (AvgIpc) is 2.57. The maximum atomic E-state index is 5.57. The van der Waals surface area contributed by atoms with Crippen LogP contribution in [0, 0.1) is 0 Å². The minimum absolute atomic E-state index is 0.161. The Morgan fingerprint density at radius 2 is 1.90 bits per heavy atom. The molecule has 1 N–H and O–H groups in total. The summed E-state index contributed by atoms with van der Waals surface area (Å²) in [4.78, 5) is 9.34. The molecule has 0 radical (unpaired) electrons. The van der Waals surface area contributed by atoms with E-state index in [0.29, 0.717) is 0 Å². The number of rotatable bonds is 3. The Balaban J connectivity index is 2.12. The predicted molar refractivity (Wildman–Crippen MR) is 86.6 cm³/mol. The van der Waals surface area contributed by atoms with Gasteiger partial charge in [0.25, 0.3) is 0 Å². The zero-order valence-corrected chi connectivity index (χ0v) is 13.6. The van der Waals surface area contributed by atoms with Crippen LogP contribution < -0.4 is 5.32 Å². The number of halogens is 1. The van der Waals surface area contributed by atoms with Crippen molar-refractivity contribution in [2.24, 2.45) is 0 Å². The molecule has 0 bridgehead atoms. The summed E-state index contributed by atoms with van der Waals surface area (Å²) >= 11 is 3.48. The van der Waals surface area contributed by atoms with Crippen LogP contribution in [0.4, 0.5) is 5.82 Å². The normalized spacial score (nSPS) is 17.4. The van der Waals surface area contributed by atoms with Crippen molar-refractivity contribution in [3.63, 3.8) is 0 Å². The molecule has 1 saturated heterocycles. The van der Waals surface area contributed by atoms with E-state index in [0.717, 1.165) is 42.2 Å². The molecule has 1 aliphatic heterocycles. The predicted octanol–water partition coefficient (Wildman–Crippen LogP) is 3.38. The summed E-state index contributed by atoms with van der Waals surface area (Å²) < 4.78 is 6.45. The quantitative estimate of drug-likeness (QED) is 0.924. The molecule has 1 aromatic heterocycles. The molecule has 1 aromatic carbocycles. The maximum absolute atomic E-state index is 5.57. The molecule has 0 unspecified atom stereocenters. The smallest absolute Gasteiger partial charge is 0.143 e. The SMILES string of the molecule is CNc1nc(C2(c3ccccc3)CCOCC2)ncc1Br. The Morgan fingerprint density at radius 3 is 2.57 bits per heavy atom. The fourth-order valence-corrected chi connectivity index (χ4v) is 3.28. The standard InChI is InChI=1S/C16H18BrN3O/c1-18-14-13(17)11-19-15(20-14)16(7-9-21-10-8-16)12-5-3-2-4-6-12/h2-6,11H,7-10H2,1H3,(H,18,19,20). The molecular formula is C16H18BrN3O. The van der Waals surface area contributed by atoms with E-state index in [4.69, 9.17) is 9.72 Å². The highest BCUT2D eigenvalue weighted by Crippen LogP contribution is 2.40. The lowest BCUT2D eigenvalue weighted by atomic mass is 9.73. The Hall–Kier alpha value is -1.46. The second kappa shape index (κ2) is 6.12. The lowest BCUT2D eigenvalue weighted by Gasteiger charge is -2.36. The highest BCUT2D eigenvalue weighted by atomic mass is 79.9. The Labute approximate surface area is 133 Å². The summed E-state index contributed by atoms with van der Waals surface area (Å²) in [5.74, 6) is 1.69. The first-order chi connectivity index (χ1) is 10.3. The largest absolute Gasteiger partial charge is 0.381 e. The monoisotopic (exact) mass is 347 g/mol. The van der Waals surface area contributed by atoms with E-state index >= 15 is 0 Å². The Bertz CT molecular complexity index is 612. The van der Waals surface area contributed by atoms with Crippen molar-refractivity contribution in [1.29, 1.82) is 0 Å². The first kappa shape index (κ1) is 14.5. The van der Waals surface area contributed by atoms with Crippen LogP contribution in [0.5, 0.6) is 0 Å². The summed E-state index contributed by atoms with van der Waals surface area (Å²) in [6, 6.07) is 10.5. The summed E-state index contributed by atoms with van der Waals surface area (Å²) in [5, 5.41) is 3.11. The molecule has 0 amide bonds. The van der Waals surface area contributed by atoms with Gasteiger partial charge in [0.15, 0.2) is 0 Å². The van der Waals surface area contributed by atoms with Gasteiger partial charge in [0, 0.05) is 26.5 Å². The lowest BCUT2D eigenvalue weighted by molar-refractivity contribution is 0.0605. The summed E-state index contributed by atoms with van der Waals surface area (Å²) in [6.07, 6.45) is 3.64. The van der Waals surface area contributed by atoms with Gasteiger partial charge in [-0.3, -0.25) is 0 Å². The van der Waals surface area contributed by atoms with Gasteiger partial charge in [-0.1, -0.05) is 30.3 Å². The molecule has 5 heteroatoms. The van der Waals surface area contributed by atoms with E-state index in [-0.39, 0.29) is 5.41 Å². The minimum atomic E-state index is -0.161. The van der Waals surface area contributed by atoms with Crippen molar-refractivity contribution < 1.29 is 4.74 Å². The van der Waals surface area contributed by atoms with Gasteiger partial charge < -0.3 is 10.1 Å². The van der Waals surface area contributed by atoms with Crippen molar-refractivity contribution in [2.45, 2.75) is 18.3 Å². The fraction of sp³-hybridized carbons (Fsp3) is 0.375. The highest BCUT2D eigenvalue weighted by Gasteiger charge is 2.39. The number of hydrogen-bond donors (Lipinski definition) is 1. The molecule has 3 rings (SSSR count). The zero-order valence-electron chi connectivity index (χ0n) is 12.0. The molecule has 2 heterocycles. The topological polar surface area (TPSA) is 47.0 Å². The summed E-state index contributed by atoms with van der Waals surface area (Å²) in [5.41, 5.74) is 1.10. The van der Waals surface area contributed by atoms with Crippen LogP contribution in [0.25, 0.3) is 0 Å². The Kier molecular flexibility index (Phi) is 4.22. The van der Waals surface area contributed by atoms with Crippen molar-refractivity contribution >= 4 is 21.7 Å². The van der Waals surface area contributed by atoms with Gasteiger partial charge in [0.2, 0.25) is 0 Å². The van der Waals surface area contributed by atoms with Crippen molar-refractivity contribution in [1.82, 2.24) is 9.97 Å². The van der Waals surface area contributed by atoms with E-state index in [1.54, 1.807) is 0 Å². The van der Waals surface area contributed by atoms with Crippen LogP contribution in [0.15, 0.2) is 41.0 Å². The second-order valence-corrected chi connectivity index (χ2v) is 6.05. The molecule has 1 aliphatic rings. The molecule has 2 aromatic rings. The molecule has 21 heavy (non-hydrogen) atoms. The lowest BCUT2D eigenvalue weighted by Crippen LogP contribution is -2.36.